The van der Waals surface area contributed by atoms with E-state index in [1.165, 1.54) is 31.2 Å². The van der Waals surface area contributed by atoms with Crippen molar-refractivity contribution in [3.63, 3.8) is 0 Å². The zero-order valence-electron chi connectivity index (χ0n) is 36.0. The van der Waals surface area contributed by atoms with Gasteiger partial charge >= 0.3 is 0 Å². The van der Waals surface area contributed by atoms with Gasteiger partial charge in [-0.15, -0.1) is 34.4 Å². The van der Waals surface area contributed by atoms with E-state index in [1.807, 2.05) is 36.4 Å². The second-order valence-corrected chi connectivity index (χ2v) is 22.0. The smallest absolute Gasteiger partial charge is 0.263 e. The summed E-state index contributed by atoms with van der Waals surface area (Å²) >= 11 is 9.71. The lowest BCUT2D eigenvalue weighted by Crippen LogP contribution is -2.36. The summed E-state index contributed by atoms with van der Waals surface area (Å²) in [6, 6.07) is 29.4. The number of nitrogens with zero attached hydrogens (tertiary/aromatic N) is 5. The Morgan fingerprint density at radius 3 is 2.48 bits per heavy atom. The Labute approximate surface area is 402 Å². The summed E-state index contributed by atoms with van der Waals surface area (Å²) in [6.07, 6.45) is 7.63. The third-order valence-electron chi connectivity index (χ3n) is 11.3. The van der Waals surface area contributed by atoms with Gasteiger partial charge in [-0.1, -0.05) is 60.7 Å². The normalized spacial score (nSPS) is 14.7. The maximum Gasteiger partial charge on any atom is 0.263 e. The van der Waals surface area contributed by atoms with Crippen LogP contribution in [0.2, 0.25) is 0 Å². The van der Waals surface area contributed by atoms with Gasteiger partial charge in [-0.3, -0.25) is 15.0 Å². The maximum atomic E-state index is 14.1. The minimum Gasteiger partial charge on any atom is -0.355 e. The van der Waals surface area contributed by atoms with Crippen LogP contribution in [0.15, 0.2) is 122 Å². The topological polar surface area (TPSA) is 127 Å². The fraction of sp³-hybridized carbons (Fsp3) is 0.240. The quantitative estimate of drug-likeness (QED) is 0.0231. The predicted molar refractivity (Wildman–Crippen MR) is 273 cm³/mol. The van der Waals surface area contributed by atoms with Gasteiger partial charge in [0.25, 0.3) is 5.01 Å². The number of nitrogens with one attached hydrogen (secondary N) is 2. The fourth-order valence-electron chi connectivity index (χ4n) is 8.09. The van der Waals surface area contributed by atoms with Crippen molar-refractivity contribution >= 4 is 120 Å². The number of Topliss-reactive ketones (excluding diaryl/α,β-unsaturated/α-hetero) is 1. The number of hydrogen-bond acceptors (Lipinski definition) is 13. The molecular formula is C50H44N7O2S6+. The van der Waals surface area contributed by atoms with Crippen molar-refractivity contribution < 1.29 is 14.2 Å². The Balaban J connectivity index is 0.876. The van der Waals surface area contributed by atoms with Gasteiger partial charge in [0, 0.05) is 101 Å². The number of rotatable bonds is 17. The van der Waals surface area contributed by atoms with E-state index in [4.69, 9.17) is 14.2 Å². The van der Waals surface area contributed by atoms with Gasteiger partial charge in [-0.05, 0) is 87.2 Å². The molecule has 7 aromatic rings. The first-order chi connectivity index (χ1) is 31.8. The molecule has 9 rings (SSSR count). The van der Waals surface area contributed by atoms with Gasteiger partial charge in [0.1, 0.15) is 27.4 Å². The molecule has 0 fully saturated rings. The minimum atomic E-state index is -0.155. The van der Waals surface area contributed by atoms with Crippen molar-refractivity contribution in [3.8, 4) is 27.0 Å². The molecule has 1 amide bonds. The largest absolute Gasteiger partial charge is 0.355 e. The molecule has 2 aliphatic rings. The number of para-hydroxylation sites is 2. The van der Waals surface area contributed by atoms with Crippen LogP contribution in [0.1, 0.15) is 53.8 Å². The average Bonchev–Trinajstić information content (AvgIpc) is 4.18. The van der Waals surface area contributed by atoms with E-state index >= 15 is 0 Å². The Kier molecular flexibility index (Phi) is 13.8. The van der Waals surface area contributed by atoms with E-state index in [0.29, 0.717) is 48.4 Å². The molecule has 0 spiro atoms. The number of thiophene rings is 2. The van der Waals surface area contributed by atoms with E-state index < -0.39 is 0 Å². The first-order valence-electron chi connectivity index (χ1n) is 21.5. The molecule has 0 saturated heterocycles. The summed E-state index contributed by atoms with van der Waals surface area (Å²) in [6.45, 7) is 8.40. The first-order valence-corrected chi connectivity index (χ1v) is 26.5. The molecule has 2 N–H and O–H groups in total. The highest BCUT2D eigenvalue weighted by molar-refractivity contribution is 8.03. The van der Waals surface area contributed by atoms with Crippen molar-refractivity contribution in [1.29, 1.82) is 10.7 Å². The number of carbonyl (C=O) groups excluding carboxylic acids is 2. The Morgan fingerprint density at radius 2 is 1.71 bits per heavy atom. The Morgan fingerprint density at radius 1 is 0.938 bits per heavy atom. The molecule has 0 saturated carbocycles. The number of hydrogen-bond donors (Lipinski definition) is 2. The highest BCUT2D eigenvalue weighted by atomic mass is 32.2. The van der Waals surface area contributed by atoms with Crippen LogP contribution in [0.5, 0.6) is 0 Å². The van der Waals surface area contributed by atoms with Gasteiger partial charge in [0.2, 0.25) is 11.4 Å². The van der Waals surface area contributed by atoms with Gasteiger partial charge < -0.3 is 10.2 Å². The molecule has 9 nitrogen and oxygen atoms in total. The number of benzene rings is 3. The zero-order valence-corrected chi connectivity index (χ0v) is 40.9. The molecule has 0 unspecified atom stereocenters. The van der Waals surface area contributed by atoms with Crippen LogP contribution in [0, 0.1) is 30.6 Å². The molecule has 5 heterocycles. The molecule has 326 valence electrons. The molecule has 0 bridgehead atoms. The maximum absolute atomic E-state index is 14.1. The number of thioether (sulfide) groups is 2. The van der Waals surface area contributed by atoms with E-state index in [1.54, 1.807) is 57.5 Å². The van der Waals surface area contributed by atoms with Gasteiger partial charge in [-0.2, -0.15) is 18.6 Å². The summed E-state index contributed by atoms with van der Waals surface area (Å²) in [5, 5.41) is 23.1. The van der Waals surface area contributed by atoms with E-state index in [9.17, 15) is 14.9 Å². The van der Waals surface area contributed by atoms with Gasteiger partial charge in [0.05, 0.1) is 22.4 Å². The number of aromatic nitrogens is 3. The van der Waals surface area contributed by atoms with E-state index in [-0.39, 0.29) is 17.3 Å². The molecule has 0 atom stereocenters. The van der Waals surface area contributed by atoms with Crippen LogP contribution >= 0.6 is 69.3 Å². The number of anilines is 1. The Bertz CT molecular complexity index is 3190. The fourth-order valence-corrected chi connectivity index (χ4v) is 13.8. The first kappa shape index (κ1) is 44.8. The summed E-state index contributed by atoms with van der Waals surface area (Å²) in [5.41, 5.74) is 7.55. The van der Waals surface area contributed by atoms with Crippen LogP contribution in [0.25, 0.3) is 48.2 Å². The monoisotopic (exact) mass is 966 g/mol. The minimum absolute atomic E-state index is 0.0202. The SMILES string of the molecule is CCCCN1/C(=C/C2=C(C(=C=N)C#N)C(=C\c3sc4ccccc4[n+]3CCCCC(=O)NCCSc3cc(-c4ccc(C)s4)c4nsnc4c3-c3ccc(C)s3)/C2=O)Sc2ccccc21. The number of amides is 1. The van der Waals surface area contributed by atoms with E-state index in [0.717, 1.165) is 83.7 Å². The average molecular weight is 967 g/mol. The molecule has 0 radical (unpaired) electrons. The summed E-state index contributed by atoms with van der Waals surface area (Å²) in [7, 11) is 0. The number of fused-ring (bicyclic) bond motifs is 3. The van der Waals surface area contributed by atoms with Crippen LogP contribution in [0.3, 0.4) is 0 Å². The third-order valence-corrected chi connectivity index (χ3v) is 17.1. The lowest BCUT2D eigenvalue weighted by Gasteiger charge is -2.25. The van der Waals surface area contributed by atoms with Gasteiger partial charge in [0.15, 0.2) is 12.3 Å². The molecule has 4 aromatic heterocycles. The van der Waals surface area contributed by atoms with Crippen LogP contribution in [-0.2, 0) is 16.1 Å². The standard InChI is InChI=1S/C50H43N7O2S6/c1-4-5-22-56-36-12-6-8-14-39(36)63-44(56)26-34-46(32(28-51)29-52)35(50(34)59)27-45-57(37-13-7-9-15-40(37)64-45)23-11-10-16-43(58)53-21-24-60-42-25-33(38-19-17-30(2)61-38)48-49(55-65-54-48)47(42)41-20-18-31(3)62-41/h6-9,12-15,17-20,25-27,51H,4-5,10-11,16,21-24H2,1-3H3/p+1. The lowest BCUT2D eigenvalue weighted by molar-refractivity contribution is -0.669. The number of unbranched alkanes of at least 4 members (excludes halogenated alkanes) is 2. The molecule has 65 heavy (non-hydrogen) atoms. The van der Waals surface area contributed by atoms with Crippen LogP contribution in [-0.4, -0.2) is 45.1 Å². The van der Waals surface area contributed by atoms with Crippen molar-refractivity contribution in [3.05, 3.63) is 127 Å². The molecular weight excluding hydrogens is 923 g/mol. The van der Waals surface area contributed by atoms with Crippen LogP contribution in [0.4, 0.5) is 5.69 Å². The number of carbonyl (C=O) groups is 2. The van der Waals surface area contributed by atoms with Crippen molar-refractivity contribution in [2.75, 3.05) is 23.7 Å². The van der Waals surface area contributed by atoms with E-state index in [2.05, 4.69) is 102 Å². The third kappa shape index (κ3) is 9.22. The highest BCUT2D eigenvalue weighted by Crippen LogP contribution is 2.49. The molecule has 1 aliphatic heterocycles. The number of nitriles is 1. The number of ketones is 1. The predicted octanol–water partition coefficient (Wildman–Crippen LogP) is 12.6. The number of thiazole rings is 1. The summed E-state index contributed by atoms with van der Waals surface area (Å²) in [4.78, 5) is 36.6. The summed E-state index contributed by atoms with van der Waals surface area (Å²) < 4.78 is 12.8. The lowest BCUT2D eigenvalue weighted by atomic mass is 9.77. The second kappa shape index (κ2) is 20.0. The molecule has 15 heteroatoms. The zero-order chi connectivity index (χ0) is 45.0. The van der Waals surface area contributed by atoms with Crippen LogP contribution < -0.4 is 14.8 Å². The van der Waals surface area contributed by atoms with Crippen molar-refractivity contribution in [2.24, 2.45) is 0 Å². The number of aryl methyl sites for hydroxylation is 3. The van der Waals surface area contributed by atoms with Gasteiger partial charge in [-0.25, -0.2) is 0 Å². The molecule has 3 aromatic carbocycles. The second-order valence-electron chi connectivity index (χ2n) is 15.6. The number of allylic oxidation sites excluding steroid dienone is 5. The summed E-state index contributed by atoms with van der Waals surface area (Å²) in [5.74, 6) is 2.89. The van der Waals surface area contributed by atoms with Crippen molar-refractivity contribution in [2.45, 2.75) is 69.2 Å². The highest BCUT2D eigenvalue weighted by Gasteiger charge is 2.38. The van der Waals surface area contributed by atoms with Crippen molar-refractivity contribution in [1.82, 2.24) is 14.1 Å². The Hall–Kier alpha value is -5.43. The molecule has 1 aliphatic carbocycles.